The summed E-state index contributed by atoms with van der Waals surface area (Å²) in [5, 5.41) is 2.95. The fraction of sp³-hybridized carbons (Fsp3) is 0.296. The molecule has 186 valence electrons. The average molecular weight is 487 g/mol. The Morgan fingerprint density at radius 2 is 1.92 bits per heavy atom. The van der Waals surface area contributed by atoms with Crippen LogP contribution in [0.2, 0.25) is 0 Å². The van der Waals surface area contributed by atoms with E-state index in [-0.39, 0.29) is 18.4 Å². The first-order chi connectivity index (χ1) is 17.4. The maximum atomic E-state index is 13.6. The molecule has 1 aliphatic heterocycles. The monoisotopic (exact) mass is 486 g/mol. The first-order valence-electron chi connectivity index (χ1n) is 12.0. The number of hydrogen-bond donors (Lipinski definition) is 2. The second-order valence-electron chi connectivity index (χ2n) is 8.86. The number of hydrogen-bond acceptors (Lipinski definition) is 6. The summed E-state index contributed by atoms with van der Waals surface area (Å²) in [7, 11) is 1.65. The van der Waals surface area contributed by atoms with Gasteiger partial charge in [-0.15, -0.1) is 0 Å². The Hall–Kier alpha value is -4.27. The number of pyridine rings is 2. The number of anilines is 2. The fourth-order valence-electron chi connectivity index (χ4n) is 4.52. The number of nitrogen functional groups attached to an aromatic ring is 1. The van der Waals surface area contributed by atoms with E-state index in [0.717, 1.165) is 22.4 Å². The van der Waals surface area contributed by atoms with Gasteiger partial charge in [0, 0.05) is 31.3 Å². The van der Waals surface area contributed by atoms with Gasteiger partial charge in [-0.1, -0.05) is 37.6 Å². The summed E-state index contributed by atoms with van der Waals surface area (Å²) in [5.41, 5.74) is 8.10. The van der Waals surface area contributed by atoms with E-state index < -0.39 is 23.9 Å². The number of benzene rings is 1. The van der Waals surface area contributed by atoms with Crippen LogP contribution in [0, 0.1) is 5.92 Å². The molecule has 9 heteroatoms. The number of nitrogens with one attached hydrogen (secondary N) is 1. The van der Waals surface area contributed by atoms with Crippen molar-refractivity contribution < 1.29 is 14.4 Å². The Kier molecular flexibility index (Phi) is 7.58. The van der Waals surface area contributed by atoms with Crippen LogP contribution < -0.4 is 16.0 Å². The number of rotatable bonds is 8. The van der Waals surface area contributed by atoms with Gasteiger partial charge in [-0.25, -0.2) is 9.78 Å². The van der Waals surface area contributed by atoms with Crippen LogP contribution in [0.1, 0.15) is 36.9 Å². The van der Waals surface area contributed by atoms with Crippen molar-refractivity contribution in [3.05, 3.63) is 84.3 Å². The smallest absolute Gasteiger partial charge is 0.325 e. The van der Waals surface area contributed by atoms with Gasteiger partial charge in [-0.2, -0.15) is 0 Å². The molecule has 1 fully saturated rings. The molecule has 4 rings (SSSR count). The number of nitrogens with zero attached hydrogens (tertiary/aromatic N) is 4. The lowest BCUT2D eigenvalue weighted by atomic mass is 9.81. The van der Waals surface area contributed by atoms with Gasteiger partial charge in [0.15, 0.2) is 0 Å². The minimum Gasteiger partial charge on any atom is -0.384 e. The number of β-lactam (4-membered cyclic amide) rings is 1. The predicted octanol–water partition coefficient (Wildman–Crippen LogP) is 3.34. The predicted molar refractivity (Wildman–Crippen MR) is 137 cm³/mol. The summed E-state index contributed by atoms with van der Waals surface area (Å²) in [6, 6.07) is 14.4. The molecule has 0 saturated carbocycles. The molecule has 4 amide bonds. The van der Waals surface area contributed by atoms with Gasteiger partial charge < -0.3 is 16.0 Å². The lowest BCUT2D eigenvalue weighted by Crippen LogP contribution is -2.70. The summed E-state index contributed by atoms with van der Waals surface area (Å²) in [4.78, 5) is 51.0. The third-order valence-corrected chi connectivity index (χ3v) is 6.42. The van der Waals surface area contributed by atoms with E-state index in [1.165, 1.54) is 4.90 Å². The van der Waals surface area contributed by atoms with Gasteiger partial charge >= 0.3 is 6.03 Å². The van der Waals surface area contributed by atoms with Crippen LogP contribution in [-0.2, 0) is 16.0 Å². The SMILES string of the molecule is CCCC(NC(=O)N1C(=O)[C@H](Cc2ccnc(N)c2)[C@H]1C(=O)N(C)c1ccccc1)c1cccnc1. The van der Waals surface area contributed by atoms with Crippen LogP contribution in [0.25, 0.3) is 0 Å². The Morgan fingerprint density at radius 1 is 1.14 bits per heavy atom. The second-order valence-corrected chi connectivity index (χ2v) is 8.86. The highest BCUT2D eigenvalue weighted by molar-refractivity contribution is 6.12. The van der Waals surface area contributed by atoms with Crippen molar-refractivity contribution in [2.24, 2.45) is 5.92 Å². The summed E-state index contributed by atoms with van der Waals surface area (Å²) in [6.07, 6.45) is 6.68. The highest BCUT2D eigenvalue weighted by atomic mass is 16.2. The highest BCUT2D eigenvalue weighted by Crippen LogP contribution is 2.33. The van der Waals surface area contributed by atoms with E-state index in [0.29, 0.717) is 17.9 Å². The van der Waals surface area contributed by atoms with Crippen molar-refractivity contribution in [2.75, 3.05) is 17.7 Å². The number of nitrogens with two attached hydrogens (primary N) is 1. The number of carbonyl (C=O) groups is 3. The Morgan fingerprint density at radius 3 is 2.58 bits per heavy atom. The maximum absolute atomic E-state index is 13.6. The summed E-state index contributed by atoms with van der Waals surface area (Å²) >= 11 is 0. The lowest BCUT2D eigenvalue weighted by molar-refractivity contribution is -0.156. The number of carbonyl (C=O) groups excluding carboxylic acids is 3. The number of aromatic nitrogens is 2. The summed E-state index contributed by atoms with van der Waals surface area (Å²) in [6.45, 7) is 2.02. The molecule has 3 aromatic rings. The minimum atomic E-state index is -0.951. The molecule has 0 aliphatic carbocycles. The molecular weight excluding hydrogens is 456 g/mol. The van der Waals surface area contributed by atoms with E-state index in [4.69, 9.17) is 5.73 Å². The molecule has 0 radical (unpaired) electrons. The third-order valence-electron chi connectivity index (χ3n) is 6.42. The molecule has 0 spiro atoms. The second kappa shape index (κ2) is 11.0. The Balaban J connectivity index is 1.60. The number of imide groups is 1. The number of amides is 4. The normalized spacial score (nSPS) is 17.7. The van der Waals surface area contributed by atoms with Crippen LogP contribution in [0.4, 0.5) is 16.3 Å². The minimum absolute atomic E-state index is 0.273. The standard InChI is InChI=1S/C27H30N6O3/c1-3-8-22(19-9-7-13-29-17-19)31-27(36)33-24(26(35)32(2)20-10-5-4-6-11-20)21(25(33)34)15-18-12-14-30-23(28)16-18/h4-7,9-14,16-17,21-22,24H,3,8,15H2,1-2H3,(H2,28,30)(H,31,36)/t21-,22?,24+/m1/s1. The number of urea groups is 1. The van der Waals surface area contributed by atoms with Crippen molar-refractivity contribution in [1.29, 1.82) is 0 Å². The summed E-state index contributed by atoms with van der Waals surface area (Å²) < 4.78 is 0. The molecule has 1 unspecified atom stereocenters. The number of likely N-dealkylation sites (tertiary alicyclic amines) is 1. The van der Waals surface area contributed by atoms with Crippen molar-refractivity contribution in [2.45, 2.75) is 38.3 Å². The van der Waals surface area contributed by atoms with E-state index in [1.807, 2.05) is 31.2 Å². The van der Waals surface area contributed by atoms with Crippen LogP contribution in [0.3, 0.4) is 0 Å². The number of likely N-dealkylation sites (N-methyl/N-ethyl adjacent to an activating group) is 1. The van der Waals surface area contributed by atoms with Crippen LogP contribution in [-0.4, -0.2) is 45.8 Å². The molecule has 1 saturated heterocycles. The van der Waals surface area contributed by atoms with Gasteiger partial charge in [0.1, 0.15) is 11.9 Å². The lowest BCUT2D eigenvalue weighted by Gasteiger charge is -2.46. The molecule has 0 bridgehead atoms. The molecule has 9 nitrogen and oxygen atoms in total. The zero-order valence-corrected chi connectivity index (χ0v) is 20.4. The zero-order valence-electron chi connectivity index (χ0n) is 20.4. The molecular formula is C27H30N6O3. The van der Waals surface area contributed by atoms with E-state index in [1.54, 1.807) is 56.0 Å². The molecule has 1 aromatic carbocycles. The van der Waals surface area contributed by atoms with Gasteiger partial charge in [-0.3, -0.25) is 19.5 Å². The van der Waals surface area contributed by atoms with Crippen molar-refractivity contribution in [3.8, 4) is 0 Å². The quantitative estimate of drug-likeness (QED) is 0.471. The maximum Gasteiger partial charge on any atom is 0.325 e. The third kappa shape index (κ3) is 5.19. The molecule has 36 heavy (non-hydrogen) atoms. The van der Waals surface area contributed by atoms with Crippen LogP contribution in [0.5, 0.6) is 0 Å². The zero-order chi connectivity index (χ0) is 25.7. The van der Waals surface area contributed by atoms with Gasteiger partial charge in [0.2, 0.25) is 5.91 Å². The highest BCUT2D eigenvalue weighted by Gasteiger charge is 2.55. The van der Waals surface area contributed by atoms with Gasteiger partial charge in [0.05, 0.1) is 12.0 Å². The van der Waals surface area contributed by atoms with Crippen molar-refractivity contribution in [3.63, 3.8) is 0 Å². The molecule has 1 aliphatic rings. The first kappa shape index (κ1) is 24.8. The topological polar surface area (TPSA) is 122 Å². The van der Waals surface area contributed by atoms with Crippen molar-refractivity contribution in [1.82, 2.24) is 20.2 Å². The van der Waals surface area contributed by atoms with Crippen LogP contribution >= 0.6 is 0 Å². The van der Waals surface area contributed by atoms with E-state index >= 15 is 0 Å². The van der Waals surface area contributed by atoms with Gasteiger partial charge in [-0.05, 0) is 54.3 Å². The molecule has 3 heterocycles. The molecule has 3 atom stereocenters. The van der Waals surface area contributed by atoms with E-state index in [9.17, 15) is 14.4 Å². The van der Waals surface area contributed by atoms with Gasteiger partial charge in [0.25, 0.3) is 5.91 Å². The van der Waals surface area contributed by atoms with Crippen molar-refractivity contribution >= 4 is 29.4 Å². The largest absolute Gasteiger partial charge is 0.384 e. The fourth-order valence-corrected chi connectivity index (χ4v) is 4.52. The number of para-hydroxylation sites is 1. The Bertz CT molecular complexity index is 1220. The first-order valence-corrected chi connectivity index (χ1v) is 12.0. The Labute approximate surface area is 210 Å². The van der Waals surface area contributed by atoms with Crippen LogP contribution in [0.15, 0.2) is 73.2 Å². The average Bonchev–Trinajstić information content (AvgIpc) is 2.90. The molecule has 2 aromatic heterocycles. The van der Waals surface area contributed by atoms with E-state index in [2.05, 4.69) is 15.3 Å². The molecule has 3 N–H and O–H groups in total. The summed E-state index contributed by atoms with van der Waals surface area (Å²) in [5.74, 6) is -1.10.